The predicted octanol–water partition coefficient (Wildman–Crippen LogP) is 3.31. The molecular formula is C15H16BrNO3. The van der Waals surface area contributed by atoms with Crippen LogP contribution in [0.4, 0.5) is 5.69 Å². The molecule has 0 saturated heterocycles. The molecule has 0 amide bonds. The number of ether oxygens (including phenoxy) is 1. The molecule has 0 heterocycles. The van der Waals surface area contributed by atoms with Crippen molar-refractivity contribution in [2.24, 2.45) is 0 Å². The zero-order valence-corrected chi connectivity index (χ0v) is 12.6. The first-order valence-electron chi connectivity index (χ1n) is 6.14. The summed E-state index contributed by atoms with van der Waals surface area (Å²) in [6.07, 6.45) is 0. The Bertz CT molecular complexity index is 572. The topological polar surface area (TPSA) is 61.7 Å². The lowest BCUT2D eigenvalue weighted by molar-refractivity contribution is 0.276. The number of methoxy groups -OCH3 is 1. The maximum absolute atomic E-state index is 9.80. The Morgan fingerprint density at radius 2 is 1.90 bits per heavy atom. The van der Waals surface area contributed by atoms with Gasteiger partial charge in [-0.3, -0.25) is 0 Å². The lowest BCUT2D eigenvalue weighted by Crippen LogP contribution is -2.14. The molecule has 20 heavy (non-hydrogen) atoms. The molecule has 1 unspecified atom stereocenters. The van der Waals surface area contributed by atoms with Gasteiger partial charge in [-0.15, -0.1) is 0 Å². The summed E-state index contributed by atoms with van der Waals surface area (Å²) in [5.74, 6) is 0.468. The van der Waals surface area contributed by atoms with Gasteiger partial charge in [0.2, 0.25) is 0 Å². The van der Waals surface area contributed by atoms with E-state index in [1.165, 1.54) is 7.11 Å². The first kappa shape index (κ1) is 14.7. The standard InChI is InChI=1S/C15H16BrNO3/c1-20-15-7-2-10(8-14(15)19)13(9-18)17-12-5-3-11(16)4-6-12/h2-8,13,17-19H,9H2,1H3. The van der Waals surface area contributed by atoms with E-state index in [0.717, 1.165) is 15.7 Å². The van der Waals surface area contributed by atoms with Crippen molar-refractivity contribution < 1.29 is 14.9 Å². The highest BCUT2D eigenvalue weighted by molar-refractivity contribution is 9.10. The maximum atomic E-state index is 9.80. The lowest BCUT2D eigenvalue weighted by Gasteiger charge is -2.19. The summed E-state index contributed by atoms with van der Waals surface area (Å²) >= 11 is 3.37. The molecule has 3 N–H and O–H groups in total. The van der Waals surface area contributed by atoms with Gasteiger partial charge in [0.1, 0.15) is 0 Å². The number of phenols is 1. The molecular weight excluding hydrogens is 322 g/mol. The molecule has 2 rings (SSSR count). The smallest absolute Gasteiger partial charge is 0.160 e. The lowest BCUT2D eigenvalue weighted by atomic mass is 10.1. The summed E-state index contributed by atoms with van der Waals surface area (Å²) in [5, 5.41) is 22.5. The molecule has 0 bridgehead atoms. The molecule has 0 aromatic heterocycles. The van der Waals surface area contributed by atoms with E-state index in [2.05, 4.69) is 21.2 Å². The van der Waals surface area contributed by atoms with E-state index in [9.17, 15) is 10.2 Å². The Morgan fingerprint density at radius 1 is 1.20 bits per heavy atom. The zero-order chi connectivity index (χ0) is 14.5. The van der Waals surface area contributed by atoms with Crippen LogP contribution in [-0.4, -0.2) is 23.9 Å². The fourth-order valence-electron chi connectivity index (χ4n) is 1.91. The number of aliphatic hydroxyl groups excluding tert-OH is 1. The number of phenolic OH excluding ortho intramolecular Hbond substituents is 1. The molecule has 0 aliphatic carbocycles. The van der Waals surface area contributed by atoms with Crippen LogP contribution in [0.2, 0.25) is 0 Å². The molecule has 2 aromatic rings. The molecule has 4 nitrogen and oxygen atoms in total. The van der Waals surface area contributed by atoms with Gasteiger partial charge in [0, 0.05) is 10.2 Å². The van der Waals surface area contributed by atoms with E-state index < -0.39 is 0 Å². The Kier molecular flexibility index (Phi) is 4.87. The van der Waals surface area contributed by atoms with Crippen molar-refractivity contribution >= 4 is 21.6 Å². The van der Waals surface area contributed by atoms with Gasteiger partial charge in [-0.25, -0.2) is 0 Å². The predicted molar refractivity (Wildman–Crippen MR) is 82.3 cm³/mol. The summed E-state index contributed by atoms with van der Waals surface area (Å²) in [7, 11) is 1.50. The van der Waals surface area contributed by atoms with Crippen LogP contribution in [0.1, 0.15) is 11.6 Å². The van der Waals surface area contributed by atoms with E-state index >= 15 is 0 Å². The second-order valence-corrected chi connectivity index (χ2v) is 5.23. The van der Waals surface area contributed by atoms with E-state index in [0.29, 0.717) is 5.75 Å². The number of aliphatic hydroxyl groups is 1. The Morgan fingerprint density at radius 3 is 2.45 bits per heavy atom. The van der Waals surface area contributed by atoms with Crippen LogP contribution in [0.15, 0.2) is 46.9 Å². The highest BCUT2D eigenvalue weighted by Gasteiger charge is 2.12. The van der Waals surface area contributed by atoms with Crippen LogP contribution < -0.4 is 10.1 Å². The van der Waals surface area contributed by atoms with Crippen LogP contribution in [0.3, 0.4) is 0 Å². The first-order chi connectivity index (χ1) is 9.63. The van der Waals surface area contributed by atoms with Crippen LogP contribution in [0.5, 0.6) is 11.5 Å². The van der Waals surface area contributed by atoms with E-state index in [1.54, 1.807) is 12.1 Å². The summed E-state index contributed by atoms with van der Waals surface area (Å²) in [4.78, 5) is 0. The molecule has 0 aliphatic heterocycles. The van der Waals surface area contributed by atoms with Crippen molar-refractivity contribution in [2.75, 3.05) is 19.0 Å². The molecule has 0 radical (unpaired) electrons. The third-order valence-electron chi connectivity index (χ3n) is 2.97. The average Bonchev–Trinajstić information content (AvgIpc) is 2.46. The van der Waals surface area contributed by atoms with Crippen molar-refractivity contribution in [1.29, 1.82) is 0 Å². The van der Waals surface area contributed by atoms with Crippen molar-refractivity contribution in [3.8, 4) is 11.5 Å². The third kappa shape index (κ3) is 3.43. The minimum atomic E-state index is -0.298. The fourth-order valence-corrected chi connectivity index (χ4v) is 2.17. The molecule has 0 saturated carbocycles. The number of rotatable bonds is 5. The summed E-state index contributed by atoms with van der Waals surface area (Å²) in [6.45, 7) is -0.0815. The number of hydrogen-bond acceptors (Lipinski definition) is 4. The van der Waals surface area contributed by atoms with E-state index in [-0.39, 0.29) is 18.4 Å². The number of hydrogen-bond donors (Lipinski definition) is 3. The molecule has 106 valence electrons. The zero-order valence-electron chi connectivity index (χ0n) is 11.0. The Labute approximate surface area is 126 Å². The molecule has 0 spiro atoms. The number of nitrogens with one attached hydrogen (secondary N) is 1. The van der Waals surface area contributed by atoms with Crippen LogP contribution in [-0.2, 0) is 0 Å². The molecule has 0 fully saturated rings. The van der Waals surface area contributed by atoms with Gasteiger partial charge in [0.05, 0.1) is 19.8 Å². The molecule has 5 heteroatoms. The quantitative estimate of drug-likeness (QED) is 0.783. The van der Waals surface area contributed by atoms with Gasteiger partial charge in [0.15, 0.2) is 11.5 Å². The van der Waals surface area contributed by atoms with Gasteiger partial charge >= 0.3 is 0 Å². The Hall–Kier alpha value is -1.72. The number of benzene rings is 2. The minimum absolute atomic E-state index is 0.0565. The molecule has 2 aromatic carbocycles. The van der Waals surface area contributed by atoms with Crippen molar-refractivity contribution in [3.63, 3.8) is 0 Å². The first-order valence-corrected chi connectivity index (χ1v) is 6.93. The Balaban J connectivity index is 2.19. The highest BCUT2D eigenvalue weighted by Crippen LogP contribution is 2.30. The SMILES string of the molecule is COc1ccc(C(CO)Nc2ccc(Br)cc2)cc1O. The van der Waals surface area contributed by atoms with Crippen LogP contribution >= 0.6 is 15.9 Å². The van der Waals surface area contributed by atoms with Crippen LogP contribution in [0.25, 0.3) is 0 Å². The van der Waals surface area contributed by atoms with Gasteiger partial charge in [-0.1, -0.05) is 22.0 Å². The monoisotopic (exact) mass is 337 g/mol. The fraction of sp³-hybridized carbons (Fsp3) is 0.200. The molecule has 0 aliphatic rings. The van der Waals surface area contributed by atoms with Gasteiger partial charge in [0.25, 0.3) is 0 Å². The molecule has 1 atom stereocenters. The minimum Gasteiger partial charge on any atom is -0.504 e. The van der Waals surface area contributed by atoms with Gasteiger partial charge in [-0.2, -0.15) is 0 Å². The van der Waals surface area contributed by atoms with Crippen molar-refractivity contribution in [1.82, 2.24) is 0 Å². The second-order valence-electron chi connectivity index (χ2n) is 4.32. The van der Waals surface area contributed by atoms with Gasteiger partial charge in [-0.05, 0) is 42.0 Å². The van der Waals surface area contributed by atoms with E-state index in [4.69, 9.17) is 4.74 Å². The maximum Gasteiger partial charge on any atom is 0.160 e. The summed E-state index contributed by atoms with van der Waals surface area (Å²) in [5.41, 5.74) is 1.68. The largest absolute Gasteiger partial charge is 0.504 e. The normalized spacial score (nSPS) is 11.9. The van der Waals surface area contributed by atoms with Crippen LogP contribution in [0, 0.1) is 0 Å². The van der Waals surface area contributed by atoms with E-state index in [1.807, 2.05) is 30.3 Å². The second kappa shape index (κ2) is 6.63. The van der Waals surface area contributed by atoms with Crippen molar-refractivity contribution in [2.45, 2.75) is 6.04 Å². The average molecular weight is 338 g/mol. The summed E-state index contributed by atoms with van der Waals surface area (Å²) < 4.78 is 6.00. The third-order valence-corrected chi connectivity index (χ3v) is 3.50. The number of halogens is 1. The highest BCUT2D eigenvalue weighted by atomic mass is 79.9. The number of aromatic hydroxyl groups is 1. The number of anilines is 1. The summed E-state index contributed by atoms with van der Waals surface area (Å²) in [6, 6.07) is 12.4. The van der Waals surface area contributed by atoms with Gasteiger partial charge < -0.3 is 20.3 Å². The van der Waals surface area contributed by atoms with Crippen molar-refractivity contribution in [3.05, 3.63) is 52.5 Å².